The second-order valence-corrected chi connectivity index (χ2v) is 8.90. The maximum absolute atomic E-state index is 13.7. The van der Waals surface area contributed by atoms with Gasteiger partial charge in [-0.15, -0.1) is 0 Å². The lowest BCUT2D eigenvalue weighted by molar-refractivity contribution is -0.141. The standard InChI is InChI=1S/C30H26ClFN2O2/c31-26-15-11-23(12-16-26)20-33-30(36)29(25-9-5-2-6-10-25)34(21-24-13-17-27(32)18-14-24)28(35)19-22-7-3-1-4-8-22/h1-18,29H,19-21H2,(H,33,36)/t29-/m1/s1. The third-order valence-electron chi connectivity index (χ3n) is 5.84. The SMILES string of the molecule is O=C(NCc1ccc(Cl)cc1)[C@@H](c1ccccc1)N(Cc1ccc(F)cc1)C(=O)Cc1ccccc1. The highest BCUT2D eigenvalue weighted by Crippen LogP contribution is 2.25. The number of benzene rings is 4. The molecule has 2 amide bonds. The number of nitrogens with zero attached hydrogens (tertiary/aromatic N) is 1. The average molecular weight is 501 g/mol. The van der Waals surface area contributed by atoms with Crippen molar-refractivity contribution in [3.63, 3.8) is 0 Å². The minimum absolute atomic E-state index is 0.135. The number of amides is 2. The lowest BCUT2D eigenvalue weighted by Crippen LogP contribution is -2.43. The Labute approximate surface area is 215 Å². The van der Waals surface area contributed by atoms with E-state index >= 15 is 0 Å². The molecule has 4 nitrogen and oxygen atoms in total. The van der Waals surface area contributed by atoms with Crippen molar-refractivity contribution in [2.45, 2.75) is 25.6 Å². The van der Waals surface area contributed by atoms with Crippen molar-refractivity contribution < 1.29 is 14.0 Å². The summed E-state index contributed by atoms with van der Waals surface area (Å²) in [6.45, 7) is 0.441. The Morgan fingerprint density at radius 1 is 0.750 bits per heavy atom. The Kier molecular flexibility index (Phi) is 8.48. The van der Waals surface area contributed by atoms with E-state index in [2.05, 4.69) is 5.32 Å². The summed E-state index contributed by atoms with van der Waals surface area (Å²) in [5.74, 6) is -0.873. The number of hydrogen-bond donors (Lipinski definition) is 1. The summed E-state index contributed by atoms with van der Waals surface area (Å²) >= 11 is 5.98. The van der Waals surface area contributed by atoms with Crippen molar-refractivity contribution in [3.8, 4) is 0 Å². The van der Waals surface area contributed by atoms with Gasteiger partial charge < -0.3 is 10.2 Å². The van der Waals surface area contributed by atoms with Crippen molar-refractivity contribution >= 4 is 23.4 Å². The van der Waals surface area contributed by atoms with E-state index in [1.807, 2.05) is 72.8 Å². The van der Waals surface area contributed by atoms with Gasteiger partial charge in [0.1, 0.15) is 11.9 Å². The zero-order chi connectivity index (χ0) is 25.3. The van der Waals surface area contributed by atoms with Gasteiger partial charge in [0.25, 0.3) is 0 Å². The molecule has 6 heteroatoms. The molecule has 0 unspecified atom stereocenters. The number of halogens is 2. The van der Waals surface area contributed by atoms with Gasteiger partial charge in [0.2, 0.25) is 11.8 Å². The van der Waals surface area contributed by atoms with Crippen LogP contribution < -0.4 is 5.32 Å². The maximum atomic E-state index is 13.7. The maximum Gasteiger partial charge on any atom is 0.247 e. The van der Waals surface area contributed by atoms with Crippen LogP contribution in [0.4, 0.5) is 4.39 Å². The Morgan fingerprint density at radius 3 is 1.97 bits per heavy atom. The molecule has 0 bridgehead atoms. The quantitative estimate of drug-likeness (QED) is 0.301. The highest BCUT2D eigenvalue weighted by Gasteiger charge is 2.31. The number of nitrogens with one attached hydrogen (secondary N) is 1. The first kappa shape index (κ1) is 25.1. The molecule has 4 aromatic carbocycles. The third-order valence-corrected chi connectivity index (χ3v) is 6.09. The van der Waals surface area contributed by atoms with Crippen molar-refractivity contribution in [1.82, 2.24) is 10.2 Å². The highest BCUT2D eigenvalue weighted by molar-refractivity contribution is 6.30. The molecular weight excluding hydrogens is 475 g/mol. The first-order chi connectivity index (χ1) is 17.5. The van der Waals surface area contributed by atoms with Crippen molar-refractivity contribution in [2.75, 3.05) is 0 Å². The number of hydrogen-bond acceptors (Lipinski definition) is 2. The van der Waals surface area contributed by atoms with E-state index < -0.39 is 6.04 Å². The summed E-state index contributed by atoms with van der Waals surface area (Å²) in [7, 11) is 0. The Hall–Kier alpha value is -3.96. The van der Waals surface area contributed by atoms with Crippen molar-refractivity contribution in [3.05, 3.63) is 142 Å². The van der Waals surface area contributed by atoms with Crippen LogP contribution in [0.3, 0.4) is 0 Å². The van der Waals surface area contributed by atoms with Gasteiger partial charge in [-0.2, -0.15) is 0 Å². The summed E-state index contributed by atoms with van der Waals surface area (Å²) in [6.07, 6.45) is 0.135. The lowest BCUT2D eigenvalue weighted by Gasteiger charge is -2.32. The van der Waals surface area contributed by atoms with Crippen molar-refractivity contribution in [2.24, 2.45) is 0 Å². The molecule has 0 aliphatic heterocycles. The Morgan fingerprint density at radius 2 is 1.33 bits per heavy atom. The van der Waals surface area contributed by atoms with Crippen molar-refractivity contribution in [1.29, 1.82) is 0 Å². The van der Waals surface area contributed by atoms with E-state index in [4.69, 9.17) is 11.6 Å². The van der Waals surface area contributed by atoms with Crippen LogP contribution in [0.25, 0.3) is 0 Å². The van der Waals surface area contributed by atoms with Crippen LogP contribution in [-0.2, 0) is 29.1 Å². The molecule has 0 aliphatic rings. The zero-order valence-corrected chi connectivity index (χ0v) is 20.4. The van der Waals surface area contributed by atoms with Gasteiger partial charge in [-0.25, -0.2) is 4.39 Å². The Bertz CT molecular complexity index is 1280. The van der Waals surface area contributed by atoms with Gasteiger partial charge in [-0.1, -0.05) is 96.5 Å². The molecule has 0 saturated heterocycles. The molecule has 182 valence electrons. The smallest absolute Gasteiger partial charge is 0.247 e. The molecule has 1 N–H and O–H groups in total. The van der Waals surface area contributed by atoms with Crippen LogP contribution in [-0.4, -0.2) is 16.7 Å². The molecule has 4 rings (SSSR count). The summed E-state index contributed by atoms with van der Waals surface area (Å²) in [4.78, 5) is 28.9. The molecule has 1 atom stereocenters. The van der Waals surface area contributed by atoms with E-state index in [1.165, 1.54) is 12.1 Å². The number of rotatable bonds is 9. The van der Waals surface area contributed by atoms with E-state index in [-0.39, 0.29) is 37.1 Å². The number of carbonyl (C=O) groups is 2. The van der Waals surface area contributed by atoms with Gasteiger partial charge in [0.05, 0.1) is 6.42 Å². The predicted octanol–water partition coefficient (Wildman–Crippen LogP) is 6.11. The molecule has 0 spiro atoms. The molecule has 0 heterocycles. The molecule has 36 heavy (non-hydrogen) atoms. The van der Waals surface area contributed by atoms with E-state index in [0.717, 1.165) is 16.7 Å². The summed E-state index contributed by atoms with van der Waals surface area (Å²) < 4.78 is 13.6. The van der Waals surface area contributed by atoms with Crippen LogP contribution in [0.15, 0.2) is 109 Å². The summed E-state index contributed by atoms with van der Waals surface area (Å²) in [5.41, 5.74) is 3.15. The molecular formula is C30H26ClFN2O2. The third kappa shape index (κ3) is 6.80. The molecule has 0 fully saturated rings. The number of carbonyl (C=O) groups excluding carboxylic acids is 2. The van der Waals surface area contributed by atoms with Gasteiger partial charge in [0.15, 0.2) is 0 Å². The molecule has 0 aromatic heterocycles. The molecule has 0 saturated carbocycles. The van der Waals surface area contributed by atoms with Gasteiger partial charge in [-0.05, 0) is 46.5 Å². The zero-order valence-electron chi connectivity index (χ0n) is 19.6. The predicted molar refractivity (Wildman–Crippen MR) is 140 cm³/mol. The monoisotopic (exact) mass is 500 g/mol. The van der Waals surface area contributed by atoms with Crippen LogP contribution >= 0.6 is 11.6 Å². The minimum Gasteiger partial charge on any atom is -0.350 e. The largest absolute Gasteiger partial charge is 0.350 e. The molecule has 0 aliphatic carbocycles. The minimum atomic E-state index is -0.875. The lowest BCUT2D eigenvalue weighted by atomic mass is 10.0. The van der Waals surface area contributed by atoms with E-state index in [9.17, 15) is 14.0 Å². The van der Waals surface area contributed by atoms with Crippen LogP contribution in [0.5, 0.6) is 0 Å². The first-order valence-electron chi connectivity index (χ1n) is 11.6. The van der Waals surface area contributed by atoms with Crippen LogP contribution in [0.1, 0.15) is 28.3 Å². The molecule has 4 aromatic rings. The summed E-state index contributed by atoms with van der Waals surface area (Å²) in [6, 6.07) is 30.9. The molecule has 0 radical (unpaired) electrons. The Balaban J connectivity index is 1.66. The fourth-order valence-corrected chi connectivity index (χ4v) is 4.10. The average Bonchev–Trinajstić information content (AvgIpc) is 2.90. The van der Waals surface area contributed by atoms with Gasteiger partial charge >= 0.3 is 0 Å². The van der Waals surface area contributed by atoms with Gasteiger partial charge in [0, 0.05) is 18.1 Å². The van der Waals surface area contributed by atoms with Crippen LogP contribution in [0.2, 0.25) is 5.02 Å². The van der Waals surface area contributed by atoms with Crippen LogP contribution in [0, 0.1) is 5.82 Å². The second-order valence-electron chi connectivity index (χ2n) is 8.47. The normalized spacial score (nSPS) is 11.5. The second kappa shape index (κ2) is 12.1. The highest BCUT2D eigenvalue weighted by atomic mass is 35.5. The fraction of sp³-hybridized carbons (Fsp3) is 0.133. The first-order valence-corrected chi connectivity index (χ1v) is 12.0. The summed E-state index contributed by atoms with van der Waals surface area (Å²) in [5, 5.41) is 3.59. The van der Waals surface area contributed by atoms with Gasteiger partial charge in [-0.3, -0.25) is 9.59 Å². The fourth-order valence-electron chi connectivity index (χ4n) is 3.98. The van der Waals surface area contributed by atoms with E-state index in [1.54, 1.807) is 29.2 Å². The van der Waals surface area contributed by atoms with E-state index in [0.29, 0.717) is 10.6 Å². The topological polar surface area (TPSA) is 49.4 Å².